The van der Waals surface area contributed by atoms with Crippen LogP contribution in [0.25, 0.3) is 0 Å². The summed E-state index contributed by atoms with van der Waals surface area (Å²) in [6.45, 7) is 3.17. The third-order valence-corrected chi connectivity index (χ3v) is 9.04. The first kappa shape index (κ1) is 27.1. The second-order valence-electron chi connectivity index (χ2n) is 9.13. The van der Waals surface area contributed by atoms with Gasteiger partial charge in [-0.15, -0.1) is 23.1 Å². The van der Waals surface area contributed by atoms with E-state index in [1.54, 1.807) is 61.7 Å². The highest BCUT2D eigenvalue weighted by Gasteiger charge is 2.73. The predicted molar refractivity (Wildman–Crippen MR) is 138 cm³/mol. The molecule has 2 aromatic rings. The molecule has 0 aliphatic carbocycles. The number of thioether (sulfide) groups is 1. The van der Waals surface area contributed by atoms with Crippen molar-refractivity contribution in [1.82, 2.24) is 25.8 Å². The molecule has 3 heterocycles. The summed E-state index contributed by atoms with van der Waals surface area (Å²) in [5, 5.41) is 18.3. The van der Waals surface area contributed by atoms with E-state index < -0.39 is 57.6 Å². The van der Waals surface area contributed by atoms with Crippen LogP contribution in [0.3, 0.4) is 0 Å². The van der Waals surface area contributed by atoms with E-state index in [1.807, 2.05) is 0 Å². The molecule has 14 heteroatoms. The third kappa shape index (κ3) is 4.28. The number of nitrogens with zero attached hydrogens (tertiary/aromatic N) is 2. The van der Waals surface area contributed by atoms with E-state index in [0.717, 1.165) is 21.6 Å². The molecule has 2 fully saturated rings. The number of imide groups is 1. The van der Waals surface area contributed by atoms with Crippen LogP contribution < -0.4 is 16.0 Å². The number of carboxylic acids is 1. The van der Waals surface area contributed by atoms with E-state index in [9.17, 15) is 33.9 Å². The Bertz CT molecular complexity index is 1290. The Morgan fingerprint density at radius 2 is 1.82 bits per heavy atom. The average Bonchev–Trinajstić information content (AvgIpc) is 3.49. The fourth-order valence-electron chi connectivity index (χ4n) is 4.56. The molecule has 1 unspecified atom stereocenters. The summed E-state index contributed by atoms with van der Waals surface area (Å²) in [4.78, 5) is 77.8. The van der Waals surface area contributed by atoms with Gasteiger partial charge < -0.3 is 21.1 Å². The van der Waals surface area contributed by atoms with Gasteiger partial charge >= 0.3 is 12.0 Å². The quantitative estimate of drug-likeness (QED) is 0.274. The number of benzene rings is 1. The fourth-order valence-corrected chi connectivity index (χ4v) is 6.97. The molecular formula is C24H25N5O7S2. The lowest BCUT2D eigenvalue weighted by molar-refractivity contribution is -0.175. The summed E-state index contributed by atoms with van der Waals surface area (Å²) < 4.78 is -1.13. The fraction of sp³-hybridized carbons (Fsp3) is 0.333. The van der Waals surface area contributed by atoms with Crippen LogP contribution in [0.15, 0.2) is 47.8 Å². The van der Waals surface area contributed by atoms with Gasteiger partial charge in [-0.1, -0.05) is 36.4 Å². The van der Waals surface area contributed by atoms with E-state index in [4.69, 9.17) is 0 Å². The first-order valence-electron chi connectivity index (χ1n) is 11.4. The van der Waals surface area contributed by atoms with Crippen LogP contribution in [0.4, 0.5) is 4.79 Å². The average molecular weight is 560 g/mol. The zero-order chi connectivity index (χ0) is 27.8. The van der Waals surface area contributed by atoms with Crippen molar-refractivity contribution in [2.24, 2.45) is 0 Å². The number of carboxylic acid groups (broad SMARTS) is 1. The zero-order valence-electron chi connectivity index (χ0n) is 20.5. The van der Waals surface area contributed by atoms with Crippen LogP contribution in [0, 0.1) is 0 Å². The van der Waals surface area contributed by atoms with Crippen LogP contribution in [-0.2, 0) is 19.2 Å². The van der Waals surface area contributed by atoms with Crippen molar-refractivity contribution in [3.05, 3.63) is 58.3 Å². The number of hydrogen-bond donors (Lipinski definition) is 4. The lowest BCUT2D eigenvalue weighted by atomic mass is 9.88. The van der Waals surface area contributed by atoms with Gasteiger partial charge in [0.05, 0.1) is 9.62 Å². The Labute approximate surface area is 225 Å². The number of β-lactam (4-membered cyclic amide) rings is 1. The van der Waals surface area contributed by atoms with Gasteiger partial charge in [0.1, 0.15) is 17.5 Å². The molecule has 2 aliphatic heterocycles. The normalized spacial score (nSPS) is 23.9. The number of carbonyl (C=O) groups is 6. The van der Waals surface area contributed by atoms with Crippen LogP contribution in [0.5, 0.6) is 0 Å². The maximum absolute atomic E-state index is 13.4. The van der Waals surface area contributed by atoms with Gasteiger partial charge in [0.15, 0.2) is 0 Å². The molecule has 4 N–H and O–H groups in total. The number of carbonyl (C=O) groups excluding carboxylic acids is 5. The van der Waals surface area contributed by atoms with Crippen molar-refractivity contribution in [3.8, 4) is 0 Å². The maximum atomic E-state index is 13.4. The summed E-state index contributed by atoms with van der Waals surface area (Å²) in [6, 6.07) is 8.33. The number of fused-ring (bicyclic) bond motifs is 1. The standard InChI is InChI=1S/C24H25N5O7S2/c1-23(2)24(21(34)35,25-12-30)29-19(33)16(20(29)38-23)26-17(31)15(13-8-5-4-6-9-13)27-22(36)28(3)18(32)14-10-7-11-37-14/h4-12,15-16,20H,1-3H3,(H,25,30)(H,26,31)(H,27,36)(H,34,35)/t15?,16-,20+,24-/m0/s1. The van der Waals surface area contributed by atoms with Crippen molar-refractivity contribution >= 4 is 59.2 Å². The minimum Gasteiger partial charge on any atom is -0.478 e. The lowest BCUT2D eigenvalue weighted by Crippen LogP contribution is -2.79. The molecule has 6 amide bonds. The van der Waals surface area contributed by atoms with Crippen LogP contribution in [0.2, 0.25) is 0 Å². The minimum atomic E-state index is -2.00. The zero-order valence-corrected chi connectivity index (χ0v) is 22.2. The molecule has 0 bridgehead atoms. The van der Waals surface area contributed by atoms with Gasteiger partial charge in [0.25, 0.3) is 11.8 Å². The summed E-state index contributed by atoms with van der Waals surface area (Å²) in [5.74, 6) is -3.38. The van der Waals surface area contributed by atoms with Crippen LogP contribution in [-0.4, -0.2) is 79.9 Å². The molecule has 2 saturated heterocycles. The first-order chi connectivity index (χ1) is 18.0. The Morgan fingerprint density at radius 3 is 2.39 bits per heavy atom. The van der Waals surface area contributed by atoms with Crippen molar-refractivity contribution in [2.75, 3.05) is 7.05 Å². The Balaban J connectivity index is 1.55. The maximum Gasteiger partial charge on any atom is 0.352 e. The highest BCUT2D eigenvalue weighted by molar-refractivity contribution is 8.01. The van der Waals surface area contributed by atoms with Crippen molar-refractivity contribution in [1.29, 1.82) is 0 Å². The molecule has 0 radical (unpaired) electrons. The molecule has 4 atom stereocenters. The second kappa shape index (κ2) is 10.1. The van der Waals surface area contributed by atoms with Crippen molar-refractivity contribution in [2.45, 2.75) is 41.7 Å². The lowest BCUT2D eigenvalue weighted by Gasteiger charge is -2.49. The van der Waals surface area contributed by atoms with Crippen molar-refractivity contribution < 1.29 is 33.9 Å². The number of aliphatic carboxylic acids is 1. The predicted octanol–water partition coefficient (Wildman–Crippen LogP) is 0.976. The number of hydrogen-bond acceptors (Lipinski definition) is 8. The van der Waals surface area contributed by atoms with Crippen LogP contribution >= 0.6 is 23.1 Å². The number of rotatable bonds is 8. The van der Waals surface area contributed by atoms with Crippen molar-refractivity contribution in [3.63, 3.8) is 0 Å². The van der Waals surface area contributed by atoms with E-state index in [-0.39, 0.29) is 6.41 Å². The molecular weight excluding hydrogens is 534 g/mol. The topological polar surface area (TPSA) is 165 Å². The molecule has 38 heavy (non-hydrogen) atoms. The molecule has 200 valence electrons. The van der Waals surface area contributed by atoms with Crippen LogP contribution in [0.1, 0.15) is 35.1 Å². The van der Waals surface area contributed by atoms with E-state index >= 15 is 0 Å². The molecule has 1 aromatic carbocycles. The van der Waals surface area contributed by atoms with Gasteiger partial charge in [-0.2, -0.15) is 0 Å². The summed E-state index contributed by atoms with van der Waals surface area (Å²) in [7, 11) is 1.29. The van der Waals surface area contributed by atoms with E-state index in [2.05, 4.69) is 16.0 Å². The number of nitrogens with one attached hydrogen (secondary N) is 3. The smallest absolute Gasteiger partial charge is 0.352 e. The number of thiophene rings is 1. The number of urea groups is 1. The first-order valence-corrected chi connectivity index (χ1v) is 13.2. The van der Waals surface area contributed by atoms with Gasteiger partial charge in [0.2, 0.25) is 18.0 Å². The molecule has 2 aliphatic rings. The Hall–Kier alpha value is -3.91. The summed E-state index contributed by atoms with van der Waals surface area (Å²) >= 11 is 2.29. The number of amides is 6. The summed E-state index contributed by atoms with van der Waals surface area (Å²) in [6.07, 6.45) is 0.229. The Kier molecular flexibility index (Phi) is 7.21. The summed E-state index contributed by atoms with van der Waals surface area (Å²) in [5.41, 5.74) is -1.60. The molecule has 12 nitrogen and oxygen atoms in total. The molecule has 1 aromatic heterocycles. The third-order valence-electron chi connectivity index (χ3n) is 6.57. The molecule has 4 rings (SSSR count). The van der Waals surface area contributed by atoms with Gasteiger partial charge in [0, 0.05) is 7.05 Å². The minimum absolute atomic E-state index is 0.229. The highest BCUT2D eigenvalue weighted by atomic mass is 32.2. The monoisotopic (exact) mass is 559 g/mol. The molecule has 0 spiro atoms. The van der Waals surface area contributed by atoms with E-state index in [0.29, 0.717) is 10.4 Å². The van der Waals surface area contributed by atoms with E-state index in [1.165, 1.54) is 18.4 Å². The highest BCUT2D eigenvalue weighted by Crippen LogP contribution is 2.55. The second-order valence-corrected chi connectivity index (χ2v) is 11.8. The van der Waals surface area contributed by atoms with Gasteiger partial charge in [-0.05, 0) is 30.9 Å². The van der Waals surface area contributed by atoms with Gasteiger partial charge in [-0.3, -0.25) is 29.0 Å². The largest absolute Gasteiger partial charge is 0.478 e. The molecule has 0 saturated carbocycles. The SMILES string of the molecule is CN(C(=O)NC(C(=O)N[C@H]1C(=O)N2[C@@H]1SC(C)(C)[C@]2(NC=O)C(=O)O)c1ccccc1)C(=O)c1cccs1. The Morgan fingerprint density at radius 1 is 1.13 bits per heavy atom. The van der Waals surface area contributed by atoms with Gasteiger partial charge in [-0.25, -0.2) is 9.59 Å².